The van der Waals surface area contributed by atoms with Crippen molar-refractivity contribution in [3.05, 3.63) is 77.0 Å². The van der Waals surface area contributed by atoms with E-state index in [-0.39, 0.29) is 11.8 Å². The Morgan fingerprint density at radius 1 is 1.12 bits per heavy atom. The SMILES string of the molecule is C=C1NC(=O)N[C@@H](c2ccc(SC)cc2)[C@@H]1C(=O)c1ccc(Cl)cc1. The molecule has 128 valence electrons. The smallest absolute Gasteiger partial charge is 0.319 e. The minimum absolute atomic E-state index is 0.117. The van der Waals surface area contributed by atoms with E-state index in [1.807, 2.05) is 30.5 Å². The predicted molar refractivity (Wildman–Crippen MR) is 101 cm³/mol. The number of Topliss-reactive ketones (excluding diaryl/α,β-unsaturated/α-hetero) is 1. The van der Waals surface area contributed by atoms with Crippen molar-refractivity contribution in [3.8, 4) is 0 Å². The highest BCUT2D eigenvalue weighted by atomic mass is 35.5. The average molecular weight is 373 g/mol. The van der Waals surface area contributed by atoms with Crippen LogP contribution in [0.25, 0.3) is 0 Å². The van der Waals surface area contributed by atoms with Crippen LogP contribution in [0.2, 0.25) is 5.02 Å². The number of benzene rings is 2. The van der Waals surface area contributed by atoms with Crippen molar-refractivity contribution in [2.45, 2.75) is 10.9 Å². The largest absolute Gasteiger partial charge is 0.330 e. The number of thioether (sulfide) groups is 1. The number of carbonyl (C=O) groups excluding carboxylic acids is 2. The van der Waals surface area contributed by atoms with Gasteiger partial charge in [-0.2, -0.15) is 0 Å². The van der Waals surface area contributed by atoms with Crippen LogP contribution in [0.4, 0.5) is 4.79 Å². The van der Waals surface area contributed by atoms with Gasteiger partial charge in [-0.15, -0.1) is 11.8 Å². The molecule has 1 aliphatic rings. The zero-order valence-electron chi connectivity index (χ0n) is 13.6. The van der Waals surface area contributed by atoms with Gasteiger partial charge in [0.25, 0.3) is 0 Å². The monoisotopic (exact) mass is 372 g/mol. The summed E-state index contributed by atoms with van der Waals surface area (Å²) in [7, 11) is 0. The number of carbonyl (C=O) groups is 2. The Bertz CT molecular complexity index is 818. The first-order valence-corrected chi connectivity index (χ1v) is 9.30. The molecule has 4 nitrogen and oxygen atoms in total. The van der Waals surface area contributed by atoms with Gasteiger partial charge in [0.05, 0.1) is 12.0 Å². The molecule has 0 aromatic heterocycles. The summed E-state index contributed by atoms with van der Waals surface area (Å²) in [6.45, 7) is 3.90. The lowest BCUT2D eigenvalue weighted by atomic mass is 9.83. The normalized spacial score (nSPS) is 19.9. The quantitative estimate of drug-likeness (QED) is 0.616. The summed E-state index contributed by atoms with van der Waals surface area (Å²) < 4.78 is 0. The van der Waals surface area contributed by atoms with Gasteiger partial charge in [-0.3, -0.25) is 4.79 Å². The summed E-state index contributed by atoms with van der Waals surface area (Å²) in [5, 5.41) is 6.03. The third-order valence-electron chi connectivity index (χ3n) is 4.16. The van der Waals surface area contributed by atoms with E-state index in [1.165, 1.54) is 0 Å². The lowest BCUT2D eigenvalue weighted by molar-refractivity contribution is 0.0905. The summed E-state index contributed by atoms with van der Waals surface area (Å²) in [5.41, 5.74) is 1.78. The molecule has 2 atom stereocenters. The molecule has 6 heteroatoms. The molecule has 1 fully saturated rings. The molecule has 1 saturated heterocycles. The Morgan fingerprint density at radius 3 is 2.36 bits per heavy atom. The Hall–Kier alpha value is -2.24. The van der Waals surface area contributed by atoms with Crippen molar-refractivity contribution >= 4 is 35.2 Å². The Balaban J connectivity index is 1.97. The molecule has 2 N–H and O–H groups in total. The lowest BCUT2D eigenvalue weighted by Gasteiger charge is -2.34. The van der Waals surface area contributed by atoms with Gasteiger partial charge in [-0.25, -0.2) is 4.79 Å². The number of nitrogens with one attached hydrogen (secondary N) is 2. The van der Waals surface area contributed by atoms with Crippen LogP contribution in [0.1, 0.15) is 22.0 Å². The van der Waals surface area contributed by atoms with Gasteiger partial charge in [0, 0.05) is 21.2 Å². The number of halogens is 1. The molecule has 3 rings (SSSR count). The first-order valence-electron chi connectivity index (χ1n) is 7.69. The zero-order chi connectivity index (χ0) is 18.0. The Kier molecular flexibility index (Phi) is 5.16. The number of rotatable bonds is 4. The Morgan fingerprint density at radius 2 is 1.76 bits per heavy atom. The molecule has 0 spiro atoms. The van der Waals surface area contributed by atoms with E-state index in [2.05, 4.69) is 17.2 Å². The molecular formula is C19H17ClN2O2S. The first kappa shape index (κ1) is 17.6. The van der Waals surface area contributed by atoms with Gasteiger partial charge in [-0.1, -0.05) is 30.3 Å². The molecule has 1 aliphatic heterocycles. The zero-order valence-corrected chi connectivity index (χ0v) is 15.2. The lowest BCUT2D eigenvalue weighted by Crippen LogP contribution is -2.50. The van der Waals surface area contributed by atoms with Crippen LogP contribution in [-0.4, -0.2) is 18.1 Å². The van der Waals surface area contributed by atoms with E-state index in [0.717, 1.165) is 10.5 Å². The van der Waals surface area contributed by atoms with Crippen molar-refractivity contribution in [3.63, 3.8) is 0 Å². The van der Waals surface area contributed by atoms with E-state index in [9.17, 15) is 9.59 Å². The number of urea groups is 1. The molecule has 0 aliphatic carbocycles. The van der Waals surface area contributed by atoms with Crippen LogP contribution in [0.3, 0.4) is 0 Å². The van der Waals surface area contributed by atoms with E-state index >= 15 is 0 Å². The third kappa shape index (κ3) is 3.72. The van der Waals surface area contributed by atoms with Gasteiger partial charge in [0.1, 0.15) is 0 Å². The highest BCUT2D eigenvalue weighted by Crippen LogP contribution is 2.33. The predicted octanol–water partition coefficient (Wildman–Crippen LogP) is 4.43. The Labute approximate surface area is 155 Å². The summed E-state index contributed by atoms with van der Waals surface area (Å²) in [6, 6.07) is 13.7. The fourth-order valence-corrected chi connectivity index (χ4v) is 3.41. The number of hydrogen-bond acceptors (Lipinski definition) is 3. The van der Waals surface area contributed by atoms with E-state index in [4.69, 9.17) is 11.6 Å². The molecule has 2 aromatic rings. The maximum absolute atomic E-state index is 13.0. The topological polar surface area (TPSA) is 58.2 Å². The second kappa shape index (κ2) is 7.33. The summed E-state index contributed by atoms with van der Waals surface area (Å²) in [5.74, 6) is -0.716. The van der Waals surface area contributed by atoms with Crippen LogP contribution in [-0.2, 0) is 0 Å². The maximum atomic E-state index is 13.0. The van der Waals surface area contributed by atoms with E-state index in [1.54, 1.807) is 36.0 Å². The van der Waals surface area contributed by atoms with Gasteiger partial charge in [0.2, 0.25) is 0 Å². The van der Waals surface area contributed by atoms with Crippen LogP contribution >= 0.6 is 23.4 Å². The van der Waals surface area contributed by atoms with Crippen molar-refractivity contribution in [1.29, 1.82) is 0 Å². The third-order valence-corrected chi connectivity index (χ3v) is 5.15. The summed E-state index contributed by atoms with van der Waals surface area (Å²) in [4.78, 5) is 26.1. The summed E-state index contributed by atoms with van der Waals surface area (Å²) in [6.07, 6.45) is 2.00. The van der Waals surface area contributed by atoms with Gasteiger partial charge >= 0.3 is 6.03 Å². The second-order valence-electron chi connectivity index (χ2n) is 5.72. The van der Waals surface area contributed by atoms with Crippen molar-refractivity contribution in [1.82, 2.24) is 10.6 Å². The van der Waals surface area contributed by atoms with Gasteiger partial charge in [-0.05, 0) is 48.2 Å². The minimum Gasteiger partial charge on any atom is -0.330 e. The molecule has 2 amide bonds. The average Bonchev–Trinajstić information content (AvgIpc) is 2.61. The van der Waals surface area contributed by atoms with Gasteiger partial charge < -0.3 is 10.6 Å². The van der Waals surface area contributed by atoms with Crippen LogP contribution in [0.5, 0.6) is 0 Å². The van der Waals surface area contributed by atoms with Crippen molar-refractivity contribution in [2.24, 2.45) is 5.92 Å². The standard InChI is InChI=1S/C19H17ClN2O2S/c1-11-16(18(23)13-3-7-14(20)8-4-13)17(22-19(24)21-11)12-5-9-15(25-2)10-6-12/h3-10,16-17H,1H2,2H3,(H2,21,22,24)/t16-,17+/m1/s1. The molecule has 0 bridgehead atoms. The summed E-state index contributed by atoms with van der Waals surface area (Å²) >= 11 is 7.54. The molecular weight excluding hydrogens is 356 g/mol. The number of ketones is 1. The van der Waals surface area contributed by atoms with Gasteiger partial charge in [0.15, 0.2) is 5.78 Å². The van der Waals surface area contributed by atoms with Crippen LogP contribution in [0.15, 0.2) is 65.7 Å². The van der Waals surface area contributed by atoms with E-state index < -0.39 is 12.0 Å². The molecule has 0 radical (unpaired) electrons. The van der Waals surface area contributed by atoms with E-state index in [0.29, 0.717) is 16.3 Å². The van der Waals surface area contributed by atoms with Crippen LogP contribution < -0.4 is 10.6 Å². The maximum Gasteiger partial charge on any atom is 0.319 e. The molecule has 0 unspecified atom stereocenters. The minimum atomic E-state index is -0.598. The van der Waals surface area contributed by atoms with Crippen molar-refractivity contribution in [2.75, 3.05) is 6.26 Å². The highest BCUT2D eigenvalue weighted by molar-refractivity contribution is 7.98. The number of hydrogen-bond donors (Lipinski definition) is 2. The second-order valence-corrected chi connectivity index (χ2v) is 7.04. The van der Waals surface area contributed by atoms with Crippen molar-refractivity contribution < 1.29 is 9.59 Å². The molecule has 0 saturated carbocycles. The highest BCUT2D eigenvalue weighted by Gasteiger charge is 2.37. The fraction of sp³-hybridized carbons (Fsp3) is 0.158. The number of amides is 2. The molecule has 1 heterocycles. The van der Waals surface area contributed by atoms with Crippen LogP contribution in [0, 0.1) is 5.92 Å². The fourth-order valence-electron chi connectivity index (χ4n) is 2.88. The first-order chi connectivity index (χ1) is 12.0. The molecule has 25 heavy (non-hydrogen) atoms. The molecule has 2 aromatic carbocycles.